The van der Waals surface area contributed by atoms with Crippen LogP contribution in [0.25, 0.3) is 0 Å². The molecule has 0 radical (unpaired) electrons. The van der Waals surface area contributed by atoms with Gasteiger partial charge in [0.15, 0.2) is 8.69 Å². The molecule has 3 nitrogen and oxygen atoms in total. The van der Waals surface area contributed by atoms with E-state index >= 15 is 0 Å². The zero-order valence-electron chi connectivity index (χ0n) is 7.66. The number of hydrogen-bond acceptors (Lipinski definition) is 2. The zero-order valence-corrected chi connectivity index (χ0v) is 8.82. The van der Waals surface area contributed by atoms with Crippen molar-refractivity contribution in [2.75, 3.05) is 0 Å². The molecule has 70 valence electrons. The summed E-state index contributed by atoms with van der Waals surface area (Å²) in [7, 11) is -1.50. The average Bonchev–Trinajstić information content (AvgIpc) is 1.86. The van der Waals surface area contributed by atoms with Gasteiger partial charge in [0.1, 0.15) is 0 Å². The van der Waals surface area contributed by atoms with E-state index in [1.165, 1.54) is 0 Å². The molecule has 0 fully saturated rings. The summed E-state index contributed by atoms with van der Waals surface area (Å²) in [4.78, 5) is 7.10. The molecule has 0 rings (SSSR count). The van der Waals surface area contributed by atoms with Gasteiger partial charge in [-0.25, -0.2) is 0 Å². The van der Waals surface area contributed by atoms with Crippen molar-refractivity contribution in [1.82, 2.24) is 0 Å². The van der Waals surface area contributed by atoms with Gasteiger partial charge in [0.2, 0.25) is 0 Å². The third-order valence-electron chi connectivity index (χ3n) is 1.39. The quantitative estimate of drug-likeness (QED) is 0.603. The highest BCUT2D eigenvalue weighted by Crippen LogP contribution is 2.20. The summed E-state index contributed by atoms with van der Waals surface area (Å²) in [6.07, 6.45) is 0.700. The lowest BCUT2D eigenvalue weighted by atomic mass is 9.88. The summed E-state index contributed by atoms with van der Waals surface area (Å²) in [6, 6.07) is 0. The SMILES string of the molecule is CCC(O)C(C)(C)C.O=[PH2]O. The minimum absolute atomic E-state index is 0.0642. The Morgan fingerprint density at radius 1 is 1.45 bits per heavy atom. The van der Waals surface area contributed by atoms with Gasteiger partial charge >= 0.3 is 0 Å². The van der Waals surface area contributed by atoms with Crippen LogP contribution in [-0.2, 0) is 4.57 Å². The van der Waals surface area contributed by atoms with Crippen molar-refractivity contribution >= 4 is 8.69 Å². The molecule has 0 aromatic heterocycles. The molecule has 2 unspecified atom stereocenters. The topological polar surface area (TPSA) is 57.5 Å². The Bertz CT molecular complexity index is 98.3. The molecular formula is C7H19O3P. The van der Waals surface area contributed by atoms with Gasteiger partial charge in [-0.1, -0.05) is 27.7 Å². The standard InChI is InChI=1S/C7H16O.H3O2P/c1-5-6(8)7(2,3)4;1-3-2/h6,8H,5H2,1-4H3;3H2,(H,1,2). The van der Waals surface area contributed by atoms with Crippen LogP contribution in [-0.4, -0.2) is 16.1 Å². The molecule has 0 amide bonds. The first-order valence-corrected chi connectivity index (χ1v) is 4.64. The van der Waals surface area contributed by atoms with Crippen molar-refractivity contribution in [3.8, 4) is 0 Å². The number of aliphatic hydroxyl groups is 1. The molecule has 0 spiro atoms. The molecule has 0 aliphatic heterocycles. The molecule has 0 aromatic carbocycles. The molecule has 11 heavy (non-hydrogen) atoms. The van der Waals surface area contributed by atoms with Gasteiger partial charge in [0, 0.05) is 0 Å². The van der Waals surface area contributed by atoms with Crippen molar-refractivity contribution in [1.29, 1.82) is 0 Å². The molecule has 0 aliphatic rings. The lowest BCUT2D eigenvalue weighted by Crippen LogP contribution is -2.24. The Morgan fingerprint density at radius 3 is 1.73 bits per heavy atom. The van der Waals surface area contributed by atoms with Gasteiger partial charge in [-0.2, -0.15) is 0 Å². The minimum atomic E-state index is -1.50. The Balaban J connectivity index is 0. The van der Waals surface area contributed by atoms with E-state index in [4.69, 9.17) is 9.46 Å². The number of aliphatic hydroxyl groups excluding tert-OH is 1. The van der Waals surface area contributed by atoms with Crippen LogP contribution in [0, 0.1) is 5.41 Å². The maximum absolute atomic E-state index is 9.19. The molecule has 0 heterocycles. The molecule has 0 bridgehead atoms. The van der Waals surface area contributed by atoms with Gasteiger partial charge in [-0.05, 0) is 11.8 Å². The van der Waals surface area contributed by atoms with Gasteiger partial charge < -0.3 is 10.00 Å². The molecule has 0 saturated heterocycles. The van der Waals surface area contributed by atoms with E-state index in [1.807, 2.05) is 27.7 Å². The second-order valence-corrected chi connectivity index (χ2v) is 3.61. The fourth-order valence-electron chi connectivity index (χ4n) is 0.612. The highest BCUT2D eigenvalue weighted by Gasteiger charge is 2.19. The van der Waals surface area contributed by atoms with Crippen LogP contribution in [0.5, 0.6) is 0 Å². The van der Waals surface area contributed by atoms with Crippen LogP contribution in [0.15, 0.2) is 0 Å². The van der Waals surface area contributed by atoms with Crippen molar-refractivity contribution < 1.29 is 14.6 Å². The van der Waals surface area contributed by atoms with E-state index in [0.29, 0.717) is 0 Å². The average molecular weight is 182 g/mol. The predicted octanol–water partition coefficient (Wildman–Crippen LogP) is 1.45. The van der Waals surface area contributed by atoms with E-state index in [1.54, 1.807) is 0 Å². The second-order valence-electron chi connectivity index (χ2n) is 3.40. The van der Waals surface area contributed by atoms with Crippen molar-refractivity contribution in [3.05, 3.63) is 0 Å². The lowest BCUT2D eigenvalue weighted by molar-refractivity contribution is 0.0600. The second kappa shape index (κ2) is 6.84. The fraction of sp³-hybridized carbons (Fsp3) is 1.00. The van der Waals surface area contributed by atoms with Crippen molar-refractivity contribution in [3.63, 3.8) is 0 Å². The third kappa shape index (κ3) is 10.2. The first-order chi connectivity index (χ1) is 4.90. The Morgan fingerprint density at radius 2 is 1.73 bits per heavy atom. The smallest absolute Gasteiger partial charge is 0.177 e. The lowest BCUT2D eigenvalue weighted by Gasteiger charge is -2.24. The summed E-state index contributed by atoms with van der Waals surface area (Å²) < 4.78 is 8.57. The van der Waals surface area contributed by atoms with Crippen LogP contribution in [0.2, 0.25) is 0 Å². The molecule has 2 N–H and O–H groups in total. The largest absolute Gasteiger partial charge is 0.393 e. The van der Waals surface area contributed by atoms with Gasteiger partial charge in [0.25, 0.3) is 0 Å². The number of hydrogen-bond donors (Lipinski definition) is 2. The van der Waals surface area contributed by atoms with E-state index in [-0.39, 0.29) is 11.5 Å². The maximum atomic E-state index is 9.19. The maximum Gasteiger partial charge on any atom is 0.177 e. The normalized spacial score (nSPS) is 14.4. The van der Waals surface area contributed by atoms with Gasteiger partial charge in [-0.3, -0.25) is 4.57 Å². The fourth-order valence-corrected chi connectivity index (χ4v) is 0.612. The summed E-state index contributed by atoms with van der Waals surface area (Å²) in [5.41, 5.74) is 0.0642. The summed E-state index contributed by atoms with van der Waals surface area (Å²) >= 11 is 0. The number of rotatable bonds is 1. The van der Waals surface area contributed by atoms with E-state index in [2.05, 4.69) is 0 Å². The molecular weight excluding hydrogens is 163 g/mol. The van der Waals surface area contributed by atoms with Crippen LogP contribution in [0.4, 0.5) is 0 Å². The van der Waals surface area contributed by atoms with Gasteiger partial charge in [0.05, 0.1) is 6.10 Å². The molecule has 2 atom stereocenters. The van der Waals surface area contributed by atoms with Crippen molar-refractivity contribution in [2.45, 2.75) is 40.2 Å². The van der Waals surface area contributed by atoms with E-state index in [9.17, 15) is 5.11 Å². The summed E-state index contributed by atoms with van der Waals surface area (Å²) in [6.45, 7) is 8.12. The van der Waals surface area contributed by atoms with Crippen LogP contribution < -0.4 is 0 Å². The van der Waals surface area contributed by atoms with Crippen LogP contribution in [0.3, 0.4) is 0 Å². The monoisotopic (exact) mass is 182 g/mol. The summed E-state index contributed by atoms with van der Waals surface area (Å²) in [5.74, 6) is 0. The third-order valence-corrected chi connectivity index (χ3v) is 1.39. The Hall–Kier alpha value is 0.150. The highest BCUT2D eigenvalue weighted by molar-refractivity contribution is 7.16. The van der Waals surface area contributed by atoms with E-state index < -0.39 is 8.69 Å². The van der Waals surface area contributed by atoms with Gasteiger partial charge in [-0.15, -0.1) is 0 Å². The molecule has 4 heteroatoms. The molecule has 0 saturated carbocycles. The van der Waals surface area contributed by atoms with Crippen LogP contribution in [0.1, 0.15) is 34.1 Å². The van der Waals surface area contributed by atoms with E-state index in [0.717, 1.165) is 6.42 Å². The van der Waals surface area contributed by atoms with Crippen molar-refractivity contribution in [2.24, 2.45) is 5.41 Å². The molecule has 0 aromatic rings. The Kier molecular flexibility index (Phi) is 8.53. The summed E-state index contributed by atoms with van der Waals surface area (Å²) in [5, 5.41) is 9.19. The first kappa shape index (κ1) is 13.7. The Labute approximate surface area is 69.7 Å². The first-order valence-electron chi connectivity index (χ1n) is 3.66. The minimum Gasteiger partial charge on any atom is -0.393 e. The van der Waals surface area contributed by atoms with Crippen LogP contribution >= 0.6 is 8.69 Å². The zero-order chi connectivity index (χ0) is 9.49. The highest BCUT2D eigenvalue weighted by atomic mass is 31.1. The molecule has 0 aliphatic carbocycles. The predicted molar refractivity (Wildman–Crippen MR) is 48.4 cm³/mol.